The number of ether oxygens (including phenoxy) is 1. The standard InChI is InChI=1S/C20H12N2O6/c23-12-5-3-4-11(8-12)9-15-18(25)22(20(27)21-15)10-14-17(24)13-6-1-2-7-16(13)28-19(14)26/h1-10,23H,(H,21,27)/b14-10-,15-9+. The van der Waals surface area contributed by atoms with Crippen LogP contribution in [-0.4, -0.2) is 33.7 Å². The number of Topliss-reactive ketones (excluding diaryl/α,β-unsaturated/α-hetero) is 1. The van der Waals surface area contributed by atoms with E-state index in [0.717, 1.165) is 6.20 Å². The summed E-state index contributed by atoms with van der Waals surface area (Å²) in [4.78, 5) is 50.1. The van der Waals surface area contributed by atoms with E-state index in [0.29, 0.717) is 10.5 Å². The van der Waals surface area contributed by atoms with E-state index in [4.69, 9.17) is 4.74 Å². The van der Waals surface area contributed by atoms with E-state index in [9.17, 15) is 24.3 Å². The van der Waals surface area contributed by atoms with Crippen LogP contribution in [0, 0.1) is 0 Å². The van der Waals surface area contributed by atoms with Crippen molar-refractivity contribution in [1.82, 2.24) is 10.2 Å². The van der Waals surface area contributed by atoms with Gasteiger partial charge >= 0.3 is 12.0 Å². The van der Waals surface area contributed by atoms with Crippen molar-refractivity contribution in [2.24, 2.45) is 0 Å². The van der Waals surface area contributed by atoms with Crippen molar-refractivity contribution in [3.8, 4) is 11.5 Å². The first-order valence-corrected chi connectivity index (χ1v) is 8.17. The summed E-state index contributed by atoms with van der Waals surface area (Å²) < 4.78 is 5.09. The summed E-state index contributed by atoms with van der Waals surface area (Å²) in [5, 5.41) is 11.9. The zero-order chi connectivity index (χ0) is 19.8. The van der Waals surface area contributed by atoms with Gasteiger partial charge in [0.2, 0.25) is 5.78 Å². The molecule has 2 heterocycles. The first kappa shape index (κ1) is 17.2. The van der Waals surface area contributed by atoms with Crippen molar-refractivity contribution in [3.63, 3.8) is 0 Å². The molecule has 2 N–H and O–H groups in total. The lowest BCUT2D eigenvalue weighted by atomic mass is 10.0. The van der Waals surface area contributed by atoms with E-state index in [-0.39, 0.29) is 22.8 Å². The van der Waals surface area contributed by atoms with Crippen molar-refractivity contribution in [1.29, 1.82) is 0 Å². The van der Waals surface area contributed by atoms with Gasteiger partial charge in [-0.3, -0.25) is 9.59 Å². The van der Waals surface area contributed by atoms with Crippen molar-refractivity contribution < 1.29 is 29.0 Å². The predicted molar refractivity (Wildman–Crippen MR) is 96.0 cm³/mol. The molecule has 0 aliphatic carbocycles. The number of fused-ring (bicyclic) bond motifs is 1. The second kappa shape index (κ2) is 6.51. The Balaban J connectivity index is 1.67. The summed E-state index contributed by atoms with van der Waals surface area (Å²) in [7, 11) is 0. The molecule has 0 spiro atoms. The second-order valence-corrected chi connectivity index (χ2v) is 6.02. The van der Waals surface area contributed by atoms with Crippen LogP contribution in [0.2, 0.25) is 0 Å². The number of nitrogens with one attached hydrogen (secondary N) is 1. The fourth-order valence-electron chi connectivity index (χ4n) is 2.82. The van der Waals surface area contributed by atoms with E-state index < -0.39 is 29.3 Å². The maximum Gasteiger partial charge on any atom is 0.349 e. The molecule has 0 saturated carbocycles. The average molecular weight is 376 g/mol. The number of hydrogen-bond donors (Lipinski definition) is 2. The van der Waals surface area contributed by atoms with E-state index >= 15 is 0 Å². The minimum Gasteiger partial charge on any atom is -0.508 e. The summed E-state index contributed by atoms with van der Waals surface area (Å²) >= 11 is 0. The largest absolute Gasteiger partial charge is 0.508 e. The molecule has 2 aromatic carbocycles. The average Bonchev–Trinajstić information content (AvgIpc) is 2.92. The number of imide groups is 1. The zero-order valence-corrected chi connectivity index (χ0v) is 14.2. The number of urea groups is 1. The lowest BCUT2D eigenvalue weighted by Gasteiger charge is -2.17. The van der Waals surface area contributed by atoms with Gasteiger partial charge in [0.25, 0.3) is 5.91 Å². The number of nitrogens with zero attached hydrogens (tertiary/aromatic N) is 1. The summed E-state index contributed by atoms with van der Waals surface area (Å²) in [5.41, 5.74) is 0.154. The summed E-state index contributed by atoms with van der Waals surface area (Å²) in [6, 6.07) is 11.5. The molecule has 2 aromatic rings. The number of esters is 1. The van der Waals surface area contributed by atoms with Gasteiger partial charge in [-0.1, -0.05) is 24.3 Å². The quantitative estimate of drug-likeness (QED) is 0.272. The molecule has 8 nitrogen and oxygen atoms in total. The number of ketones is 1. The van der Waals surface area contributed by atoms with Gasteiger partial charge in [0, 0.05) is 6.20 Å². The fourth-order valence-corrected chi connectivity index (χ4v) is 2.82. The Kier molecular flexibility index (Phi) is 4.00. The van der Waals surface area contributed by atoms with Crippen LogP contribution in [0.4, 0.5) is 4.79 Å². The Bertz CT molecular complexity index is 1120. The number of phenols is 1. The lowest BCUT2D eigenvalue weighted by Crippen LogP contribution is -2.31. The lowest BCUT2D eigenvalue weighted by molar-refractivity contribution is -0.130. The molecular formula is C20H12N2O6. The SMILES string of the molecule is O=C1Oc2ccccc2C(=O)/C1=C/N1C(=O)N/C(=C/c2cccc(O)c2)C1=O. The number of para-hydroxylation sites is 1. The van der Waals surface area contributed by atoms with Crippen molar-refractivity contribution >= 4 is 29.8 Å². The van der Waals surface area contributed by atoms with Gasteiger partial charge in [-0.05, 0) is 35.9 Å². The molecule has 2 aliphatic rings. The number of carbonyl (C=O) groups excluding carboxylic acids is 4. The zero-order valence-electron chi connectivity index (χ0n) is 14.2. The van der Waals surface area contributed by atoms with Gasteiger partial charge in [-0.25, -0.2) is 14.5 Å². The van der Waals surface area contributed by atoms with Crippen molar-refractivity contribution in [2.45, 2.75) is 0 Å². The second-order valence-electron chi connectivity index (χ2n) is 6.02. The van der Waals surface area contributed by atoms with Crippen LogP contribution in [0.3, 0.4) is 0 Å². The molecule has 4 rings (SSSR count). The van der Waals surface area contributed by atoms with Gasteiger partial charge in [-0.15, -0.1) is 0 Å². The molecule has 0 radical (unpaired) electrons. The van der Waals surface area contributed by atoms with Crippen LogP contribution in [0.5, 0.6) is 11.5 Å². The normalized spacial score (nSPS) is 19.1. The Labute approximate surface area is 158 Å². The van der Waals surface area contributed by atoms with Crippen LogP contribution in [0.1, 0.15) is 15.9 Å². The summed E-state index contributed by atoms with van der Waals surface area (Å²) in [5.74, 6) is -2.22. The molecule has 0 aromatic heterocycles. The number of rotatable bonds is 2. The van der Waals surface area contributed by atoms with Crippen molar-refractivity contribution in [3.05, 3.63) is 77.1 Å². The van der Waals surface area contributed by atoms with Crippen LogP contribution in [0.25, 0.3) is 6.08 Å². The van der Waals surface area contributed by atoms with Crippen molar-refractivity contribution in [2.75, 3.05) is 0 Å². The maximum absolute atomic E-state index is 12.6. The first-order chi connectivity index (χ1) is 13.4. The molecular weight excluding hydrogens is 364 g/mol. The van der Waals surface area contributed by atoms with Gasteiger partial charge in [0.15, 0.2) is 0 Å². The third-order valence-electron chi connectivity index (χ3n) is 4.15. The molecule has 8 heteroatoms. The molecule has 2 aliphatic heterocycles. The molecule has 1 saturated heterocycles. The van der Waals surface area contributed by atoms with Crippen LogP contribution in [0.15, 0.2) is 66.0 Å². The van der Waals surface area contributed by atoms with E-state index in [1.54, 1.807) is 24.3 Å². The molecule has 0 atom stereocenters. The monoisotopic (exact) mass is 376 g/mol. The van der Waals surface area contributed by atoms with Gasteiger partial charge in [-0.2, -0.15) is 0 Å². The Morgan fingerprint density at radius 3 is 2.57 bits per heavy atom. The number of aromatic hydroxyl groups is 1. The fraction of sp³-hybridized carbons (Fsp3) is 0. The molecule has 138 valence electrons. The topological polar surface area (TPSA) is 113 Å². The molecule has 28 heavy (non-hydrogen) atoms. The summed E-state index contributed by atoms with van der Waals surface area (Å²) in [6.07, 6.45) is 2.25. The smallest absolute Gasteiger partial charge is 0.349 e. The minimum atomic E-state index is -0.949. The maximum atomic E-state index is 12.6. The predicted octanol–water partition coefficient (Wildman–Crippen LogP) is 1.97. The van der Waals surface area contributed by atoms with E-state index in [1.165, 1.54) is 30.3 Å². The summed E-state index contributed by atoms with van der Waals surface area (Å²) in [6.45, 7) is 0. The Morgan fingerprint density at radius 1 is 1.00 bits per heavy atom. The third-order valence-corrected chi connectivity index (χ3v) is 4.15. The van der Waals surface area contributed by atoms with Gasteiger partial charge < -0.3 is 15.2 Å². The Morgan fingerprint density at radius 2 is 1.79 bits per heavy atom. The highest BCUT2D eigenvalue weighted by molar-refractivity contribution is 6.28. The van der Waals surface area contributed by atoms with E-state index in [1.807, 2.05) is 0 Å². The number of amides is 3. The van der Waals surface area contributed by atoms with E-state index in [2.05, 4.69) is 5.32 Å². The number of hydrogen-bond acceptors (Lipinski definition) is 6. The third kappa shape index (κ3) is 2.92. The highest BCUT2D eigenvalue weighted by atomic mass is 16.5. The molecule has 3 amide bonds. The number of carbonyl (C=O) groups is 4. The highest BCUT2D eigenvalue weighted by Crippen LogP contribution is 2.28. The molecule has 1 fully saturated rings. The molecule has 0 unspecified atom stereocenters. The minimum absolute atomic E-state index is 0.000639. The molecule has 0 bridgehead atoms. The van der Waals surface area contributed by atoms with Crippen LogP contribution >= 0.6 is 0 Å². The first-order valence-electron chi connectivity index (χ1n) is 8.17. The Hall–Kier alpha value is -4.20. The van der Waals surface area contributed by atoms with Crippen LogP contribution in [-0.2, 0) is 9.59 Å². The number of phenolic OH excluding ortho intramolecular Hbond substituents is 1. The van der Waals surface area contributed by atoms with Gasteiger partial charge in [0.05, 0.1) is 5.56 Å². The highest BCUT2D eigenvalue weighted by Gasteiger charge is 2.37. The van der Waals surface area contributed by atoms with Crippen LogP contribution < -0.4 is 10.1 Å². The van der Waals surface area contributed by atoms with Gasteiger partial charge in [0.1, 0.15) is 22.8 Å². The number of benzene rings is 2.